The predicted molar refractivity (Wildman–Crippen MR) is 116 cm³/mol. The second-order valence-corrected chi connectivity index (χ2v) is 10.6. The molecule has 9 nitrogen and oxygen atoms in total. The Hall–Kier alpha value is -2.16. The Bertz CT molecular complexity index is 752. The molecule has 31 heavy (non-hydrogen) atoms. The van der Waals surface area contributed by atoms with E-state index in [1.165, 1.54) is 0 Å². The zero-order valence-electron chi connectivity index (χ0n) is 19.6. The molecule has 0 radical (unpaired) electrons. The van der Waals surface area contributed by atoms with Crippen LogP contribution in [-0.4, -0.2) is 102 Å². The molecule has 5 amide bonds. The van der Waals surface area contributed by atoms with Crippen LogP contribution in [0.1, 0.15) is 46.5 Å². The Morgan fingerprint density at radius 2 is 1.77 bits per heavy atom. The van der Waals surface area contributed by atoms with Crippen LogP contribution in [0.5, 0.6) is 0 Å². The van der Waals surface area contributed by atoms with Crippen LogP contribution >= 0.6 is 0 Å². The third kappa shape index (κ3) is 5.19. The molecule has 0 aromatic heterocycles. The molecule has 3 rings (SSSR count). The number of likely N-dealkylation sites (N-methyl/N-ethyl adjacent to an activating group) is 1. The molecule has 1 aliphatic carbocycles. The van der Waals surface area contributed by atoms with Crippen LogP contribution in [-0.2, 0) is 14.4 Å². The summed E-state index contributed by atoms with van der Waals surface area (Å²) in [6, 6.07) is -0.462. The van der Waals surface area contributed by atoms with Crippen molar-refractivity contribution in [3.8, 4) is 0 Å². The number of nitrogens with zero attached hydrogens (tertiary/aromatic N) is 4. The second kappa shape index (κ2) is 8.76. The van der Waals surface area contributed by atoms with Gasteiger partial charge in [0, 0.05) is 40.3 Å². The zero-order valence-corrected chi connectivity index (χ0v) is 19.6. The maximum atomic E-state index is 13.3. The number of nitrogens with one attached hydrogen (secondary N) is 1. The maximum absolute atomic E-state index is 13.3. The van der Waals surface area contributed by atoms with Gasteiger partial charge in [0.05, 0.1) is 6.54 Å². The van der Waals surface area contributed by atoms with Gasteiger partial charge in [-0.3, -0.25) is 24.2 Å². The summed E-state index contributed by atoms with van der Waals surface area (Å²) in [5, 5.41) is 2.93. The van der Waals surface area contributed by atoms with E-state index >= 15 is 0 Å². The van der Waals surface area contributed by atoms with Crippen LogP contribution in [0.15, 0.2) is 0 Å². The van der Waals surface area contributed by atoms with Gasteiger partial charge in [0.15, 0.2) is 0 Å². The van der Waals surface area contributed by atoms with Crippen LogP contribution in [0, 0.1) is 11.3 Å². The Balaban J connectivity index is 1.61. The Labute approximate surface area is 185 Å². The van der Waals surface area contributed by atoms with E-state index in [-0.39, 0.29) is 29.7 Å². The first-order chi connectivity index (χ1) is 14.4. The standard InChI is InChI=1S/C22H37N5O4/c1-16-11-21(2,3)15-22(12-16)19(30)27(20(31)23-22)14-18(29)26-8-6-7-25(9-10-26)13-17(28)24(4)5/h16H,6-15H2,1-5H3,(H,23,31). The lowest BCUT2D eigenvalue weighted by molar-refractivity contribution is -0.140. The molecule has 3 fully saturated rings. The summed E-state index contributed by atoms with van der Waals surface area (Å²) in [5.41, 5.74) is -0.931. The number of rotatable bonds is 4. The molecule has 0 bridgehead atoms. The van der Waals surface area contributed by atoms with Gasteiger partial charge in [-0.15, -0.1) is 0 Å². The molecule has 3 aliphatic rings. The lowest BCUT2D eigenvalue weighted by Gasteiger charge is -2.43. The minimum absolute atomic E-state index is 0.0362. The van der Waals surface area contributed by atoms with Crippen molar-refractivity contribution in [1.29, 1.82) is 0 Å². The van der Waals surface area contributed by atoms with Crippen molar-refractivity contribution >= 4 is 23.8 Å². The van der Waals surface area contributed by atoms with E-state index in [1.54, 1.807) is 23.9 Å². The summed E-state index contributed by atoms with van der Waals surface area (Å²) >= 11 is 0. The van der Waals surface area contributed by atoms with E-state index in [0.717, 1.165) is 24.3 Å². The predicted octanol–water partition coefficient (Wildman–Crippen LogP) is 0.746. The van der Waals surface area contributed by atoms with Crippen LogP contribution < -0.4 is 5.32 Å². The number of hydrogen-bond acceptors (Lipinski definition) is 5. The molecule has 0 aromatic carbocycles. The molecule has 2 unspecified atom stereocenters. The largest absolute Gasteiger partial charge is 0.348 e. The van der Waals surface area contributed by atoms with Crippen LogP contribution in [0.2, 0.25) is 0 Å². The first-order valence-corrected chi connectivity index (χ1v) is 11.3. The molecular formula is C22H37N5O4. The van der Waals surface area contributed by atoms with E-state index in [1.807, 2.05) is 4.90 Å². The number of carbonyl (C=O) groups excluding carboxylic acids is 4. The fraction of sp³-hybridized carbons (Fsp3) is 0.818. The molecule has 1 saturated carbocycles. The van der Waals surface area contributed by atoms with Crippen molar-refractivity contribution in [2.45, 2.75) is 52.0 Å². The van der Waals surface area contributed by atoms with Gasteiger partial charge in [-0.1, -0.05) is 20.8 Å². The summed E-state index contributed by atoms with van der Waals surface area (Å²) in [5.74, 6) is -0.123. The molecule has 0 aromatic rings. The molecule has 2 saturated heterocycles. The molecule has 174 valence electrons. The summed E-state index contributed by atoms with van der Waals surface area (Å²) in [7, 11) is 3.46. The lowest BCUT2D eigenvalue weighted by Crippen LogP contribution is -2.54. The van der Waals surface area contributed by atoms with Crippen molar-refractivity contribution in [3.63, 3.8) is 0 Å². The van der Waals surface area contributed by atoms with E-state index in [4.69, 9.17) is 0 Å². The van der Waals surface area contributed by atoms with Crippen LogP contribution in [0.25, 0.3) is 0 Å². The minimum Gasteiger partial charge on any atom is -0.348 e. The van der Waals surface area contributed by atoms with Crippen molar-refractivity contribution in [3.05, 3.63) is 0 Å². The maximum Gasteiger partial charge on any atom is 0.325 e. The van der Waals surface area contributed by atoms with E-state index in [2.05, 4.69) is 26.1 Å². The summed E-state index contributed by atoms with van der Waals surface area (Å²) in [6.07, 6.45) is 2.97. The molecule has 9 heteroatoms. The SMILES string of the molecule is CC1CC(C)(C)CC2(C1)NC(=O)N(CC(=O)N1CCCN(CC(=O)N(C)C)CC1)C2=O. The number of carbonyl (C=O) groups is 4. The van der Waals surface area contributed by atoms with Gasteiger partial charge >= 0.3 is 6.03 Å². The quantitative estimate of drug-likeness (QED) is 0.658. The third-order valence-electron chi connectivity index (χ3n) is 6.72. The lowest BCUT2D eigenvalue weighted by atomic mass is 9.64. The molecule has 1 spiro atoms. The van der Waals surface area contributed by atoms with Crippen molar-refractivity contribution in [2.75, 3.05) is 53.4 Å². The van der Waals surface area contributed by atoms with Gasteiger partial charge in [-0.2, -0.15) is 0 Å². The molecular weight excluding hydrogens is 398 g/mol. The molecule has 2 atom stereocenters. The summed E-state index contributed by atoms with van der Waals surface area (Å²) in [4.78, 5) is 57.3. The molecule has 1 N–H and O–H groups in total. The average molecular weight is 436 g/mol. The first-order valence-electron chi connectivity index (χ1n) is 11.3. The minimum atomic E-state index is -0.888. The molecule has 2 heterocycles. The van der Waals surface area contributed by atoms with Gasteiger partial charge in [0.1, 0.15) is 12.1 Å². The van der Waals surface area contributed by atoms with Crippen molar-refractivity contribution in [2.24, 2.45) is 11.3 Å². The highest BCUT2D eigenvalue weighted by Crippen LogP contribution is 2.46. The average Bonchev–Trinajstić information content (AvgIpc) is 2.81. The number of imide groups is 1. The Morgan fingerprint density at radius 1 is 1.06 bits per heavy atom. The second-order valence-electron chi connectivity index (χ2n) is 10.6. The van der Waals surface area contributed by atoms with E-state index < -0.39 is 11.6 Å². The first kappa shape index (κ1) is 23.5. The van der Waals surface area contributed by atoms with Gasteiger partial charge in [-0.25, -0.2) is 4.79 Å². The Kier molecular flexibility index (Phi) is 6.64. The van der Waals surface area contributed by atoms with Gasteiger partial charge < -0.3 is 15.1 Å². The van der Waals surface area contributed by atoms with Crippen molar-refractivity contribution < 1.29 is 19.2 Å². The smallest absolute Gasteiger partial charge is 0.325 e. The summed E-state index contributed by atoms with van der Waals surface area (Å²) < 4.78 is 0. The summed E-state index contributed by atoms with van der Waals surface area (Å²) in [6.45, 7) is 8.85. The number of urea groups is 1. The highest BCUT2D eigenvalue weighted by Gasteiger charge is 2.56. The monoisotopic (exact) mass is 435 g/mol. The fourth-order valence-electron chi connectivity index (χ4n) is 5.60. The zero-order chi connectivity index (χ0) is 23.0. The highest BCUT2D eigenvalue weighted by molar-refractivity contribution is 6.09. The van der Waals surface area contributed by atoms with Crippen molar-refractivity contribution in [1.82, 2.24) is 24.9 Å². The third-order valence-corrected chi connectivity index (χ3v) is 6.72. The molecule has 2 aliphatic heterocycles. The van der Waals surface area contributed by atoms with E-state index in [9.17, 15) is 19.2 Å². The highest BCUT2D eigenvalue weighted by atomic mass is 16.2. The normalized spacial score (nSPS) is 29.1. The number of hydrogen-bond donors (Lipinski definition) is 1. The number of amides is 5. The topological polar surface area (TPSA) is 93.3 Å². The van der Waals surface area contributed by atoms with Crippen LogP contribution in [0.3, 0.4) is 0 Å². The van der Waals surface area contributed by atoms with Gasteiger partial charge in [0.2, 0.25) is 11.8 Å². The van der Waals surface area contributed by atoms with Gasteiger partial charge in [0.25, 0.3) is 5.91 Å². The van der Waals surface area contributed by atoms with E-state index in [0.29, 0.717) is 44.9 Å². The fourth-order valence-corrected chi connectivity index (χ4v) is 5.60. The van der Waals surface area contributed by atoms with Crippen LogP contribution in [0.4, 0.5) is 4.79 Å². The van der Waals surface area contributed by atoms with Gasteiger partial charge in [-0.05, 0) is 37.0 Å². The Morgan fingerprint density at radius 3 is 2.42 bits per heavy atom.